The fourth-order valence-corrected chi connectivity index (χ4v) is 1.77. The molecule has 0 bridgehead atoms. The first kappa shape index (κ1) is 13.2. The summed E-state index contributed by atoms with van der Waals surface area (Å²) < 4.78 is 5.06. The molecule has 0 radical (unpaired) electrons. The van der Waals surface area contributed by atoms with Gasteiger partial charge < -0.3 is 10.1 Å². The second-order valence-corrected chi connectivity index (χ2v) is 4.18. The lowest BCUT2D eigenvalue weighted by Gasteiger charge is -2.08. The van der Waals surface area contributed by atoms with Crippen molar-refractivity contribution in [3.63, 3.8) is 0 Å². The average molecular weight is 279 g/mol. The van der Waals surface area contributed by atoms with Gasteiger partial charge in [-0.3, -0.25) is 10.1 Å². The van der Waals surface area contributed by atoms with Crippen LogP contribution in [-0.2, 0) is 0 Å². The number of nitro benzene ring substituents is 1. The Bertz CT molecular complexity index is 599. The van der Waals surface area contributed by atoms with Crippen LogP contribution in [0.1, 0.15) is 0 Å². The molecule has 0 aliphatic rings. The number of rotatable bonds is 4. The fourth-order valence-electron chi connectivity index (χ4n) is 1.55. The molecule has 0 saturated heterocycles. The molecule has 6 heteroatoms. The number of hydrogen-bond donors (Lipinski definition) is 1. The van der Waals surface area contributed by atoms with Crippen molar-refractivity contribution in [2.24, 2.45) is 0 Å². The average Bonchev–Trinajstić information content (AvgIpc) is 2.41. The molecule has 2 aromatic carbocycles. The van der Waals surface area contributed by atoms with Crippen LogP contribution in [0.5, 0.6) is 5.75 Å². The Balaban J connectivity index is 2.20. The van der Waals surface area contributed by atoms with Crippen LogP contribution in [-0.4, -0.2) is 12.0 Å². The third-order valence-electron chi connectivity index (χ3n) is 2.53. The van der Waals surface area contributed by atoms with Crippen molar-refractivity contribution in [1.82, 2.24) is 0 Å². The molecule has 0 fully saturated rings. The zero-order valence-corrected chi connectivity index (χ0v) is 10.8. The number of benzene rings is 2. The normalized spacial score (nSPS) is 10.0. The van der Waals surface area contributed by atoms with Crippen LogP contribution >= 0.6 is 11.6 Å². The molecule has 0 aliphatic heterocycles. The van der Waals surface area contributed by atoms with E-state index in [1.807, 2.05) is 24.3 Å². The first-order valence-electron chi connectivity index (χ1n) is 5.45. The molecule has 0 spiro atoms. The third kappa shape index (κ3) is 3.14. The number of non-ortho nitro benzene ring substituents is 1. The maximum atomic E-state index is 10.6. The van der Waals surface area contributed by atoms with Gasteiger partial charge in [0.1, 0.15) is 5.75 Å². The lowest BCUT2D eigenvalue weighted by atomic mass is 10.2. The number of anilines is 2. The van der Waals surface area contributed by atoms with Gasteiger partial charge in [-0.15, -0.1) is 0 Å². The molecular weight excluding hydrogens is 268 g/mol. The van der Waals surface area contributed by atoms with Crippen LogP contribution in [0.3, 0.4) is 0 Å². The molecule has 0 amide bonds. The maximum absolute atomic E-state index is 10.6. The fraction of sp³-hybridized carbons (Fsp3) is 0.0769. The van der Waals surface area contributed by atoms with Crippen LogP contribution in [0.2, 0.25) is 5.02 Å². The number of hydrogen-bond acceptors (Lipinski definition) is 4. The highest BCUT2D eigenvalue weighted by Gasteiger charge is 2.09. The first-order valence-corrected chi connectivity index (χ1v) is 5.83. The standard InChI is InChI=1S/C13H11ClN2O3/c1-19-11-5-2-9(3-6-11)15-13-7-4-10(16(17)18)8-12(13)14/h2-8,15H,1H3. The molecule has 98 valence electrons. The molecular formula is C13H11ClN2O3. The van der Waals surface area contributed by atoms with E-state index in [-0.39, 0.29) is 5.69 Å². The van der Waals surface area contributed by atoms with Crippen LogP contribution in [0.15, 0.2) is 42.5 Å². The van der Waals surface area contributed by atoms with Crippen LogP contribution in [0.4, 0.5) is 17.1 Å². The van der Waals surface area contributed by atoms with Gasteiger partial charge in [0.05, 0.1) is 22.7 Å². The van der Waals surface area contributed by atoms with E-state index in [4.69, 9.17) is 16.3 Å². The zero-order valence-electron chi connectivity index (χ0n) is 10.1. The Hall–Kier alpha value is -2.27. The number of halogens is 1. The van der Waals surface area contributed by atoms with Crippen molar-refractivity contribution in [2.45, 2.75) is 0 Å². The van der Waals surface area contributed by atoms with E-state index in [2.05, 4.69) is 5.32 Å². The van der Waals surface area contributed by atoms with Crippen LogP contribution < -0.4 is 10.1 Å². The van der Waals surface area contributed by atoms with Gasteiger partial charge in [-0.25, -0.2) is 0 Å². The topological polar surface area (TPSA) is 64.4 Å². The van der Waals surface area contributed by atoms with Gasteiger partial charge in [0.2, 0.25) is 0 Å². The number of methoxy groups -OCH3 is 1. The monoisotopic (exact) mass is 278 g/mol. The van der Waals surface area contributed by atoms with E-state index in [1.54, 1.807) is 13.2 Å². The summed E-state index contributed by atoms with van der Waals surface area (Å²) in [5.74, 6) is 0.750. The van der Waals surface area contributed by atoms with Gasteiger partial charge in [-0.2, -0.15) is 0 Å². The summed E-state index contributed by atoms with van der Waals surface area (Å²) >= 11 is 5.99. The second kappa shape index (κ2) is 5.58. The molecule has 1 N–H and O–H groups in total. The third-order valence-corrected chi connectivity index (χ3v) is 2.85. The number of ether oxygens (including phenoxy) is 1. The summed E-state index contributed by atoms with van der Waals surface area (Å²) in [5, 5.41) is 14.0. The van der Waals surface area contributed by atoms with Gasteiger partial charge in [-0.05, 0) is 30.3 Å². The molecule has 2 aromatic rings. The summed E-state index contributed by atoms with van der Waals surface area (Å²) in [6, 6.07) is 11.6. The summed E-state index contributed by atoms with van der Waals surface area (Å²) in [4.78, 5) is 10.1. The number of nitrogens with zero attached hydrogens (tertiary/aromatic N) is 1. The summed E-state index contributed by atoms with van der Waals surface area (Å²) in [6.07, 6.45) is 0. The highest BCUT2D eigenvalue weighted by atomic mass is 35.5. The van der Waals surface area contributed by atoms with E-state index in [9.17, 15) is 10.1 Å². The lowest BCUT2D eigenvalue weighted by molar-refractivity contribution is -0.384. The van der Waals surface area contributed by atoms with Crippen LogP contribution in [0, 0.1) is 10.1 Å². The van der Waals surface area contributed by atoms with E-state index in [1.165, 1.54) is 12.1 Å². The molecule has 0 heterocycles. The Morgan fingerprint density at radius 1 is 1.21 bits per heavy atom. The molecule has 19 heavy (non-hydrogen) atoms. The van der Waals surface area contributed by atoms with Crippen LogP contribution in [0.25, 0.3) is 0 Å². The highest BCUT2D eigenvalue weighted by Crippen LogP contribution is 2.29. The van der Waals surface area contributed by atoms with Crippen molar-refractivity contribution in [3.8, 4) is 5.75 Å². The molecule has 0 saturated carbocycles. The Labute approximate surface area is 114 Å². The predicted molar refractivity (Wildman–Crippen MR) is 74.4 cm³/mol. The highest BCUT2D eigenvalue weighted by molar-refractivity contribution is 6.33. The van der Waals surface area contributed by atoms with Gasteiger partial charge in [0.25, 0.3) is 5.69 Å². The number of nitro groups is 1. The van der Waals surface area contributed by atoms with E-state index in [0.29, 0.717) is 10.7 Å². The zero-order chi connectivity index (χ0) is 13.8. The Kier molecular flexibility index (Phi) is 3.87. The van der Waals surface area contributed by atoms with Crippen molar-refractivity contribution in [2.75, 3.05) is 12.4 Å². The van der Waals surface area contributed by atoms with E-state index >= 15 is 0 Å². The molecule has 5 nitrogen and oxygen atoms in total. The summed E-state index contributed by atoms with van der Waals surface area (Å²) in [5.41, 5.74) is 1.39. The number of nitrogens with one attached hydrogen (secondary N) is 1. The Morgan fingerprint density at radius 3 is 2.42 bits per heavy atom. The SMILES string of the molecule is COc1ccc(Nc2ccc([N+](=O)[O-])cc2Cl)cc1. The maximum Gasteiger partial charge on any atom is 0.271 e. The molecule has 2 rings (SSSR count). The van der Waals surface area contributed by atoms with Gasteiger partial charge in [0.15, 0.2) is 0 Å². The molecule has 0 aromatic heterocycles. The van der Waals surface area contributed by atoms with E-state index in [0.717, 1.165) is 11.4 Å². The largest absolute Gasteiger partial charge is 0.497 e. The lowest BCUT2D eigenvalue weighted by Crippen LogP contribution is -1.93. The van der Waals surface area contributed by atoms with Gasteiger partial charge in [0, 0.05) is 17.8 Å². The minimum atomic E-state index is -0.483. The summed E-state index contributed by atoms with van der Waals surface area (Å²) in [6.45, 7) is 0. The van der Waals surface area contributed by atoms with Crippen molar-refractivity contribution >= 4 is 28.7 Å². The quantitative estimate of drug-likeness (QED) is 0.678. The minimum absolute atomic E-state index is 0.0368. The van der Waals surface area contributed by atoms with E-state index < -0.39 is 4.92 Å². The van der Waals surface area contributed by atoms with Crippen molar-refractivity contribution in [3.05, 3.63) is 57.6 Å². The summed E-state index contributed by atoms with van der Waals surface area (Å²) in [7, 11) is 1.59. The van der Waals surface area contributed by atoms with Gasteiger partial charge in [-0.1, -0.05) is 11.6 Å². The molecule has 0 unspecified atom stereocenters. The second-order valence-electron chi connectivity index (χ2n) is 3.77. The van der Waals surface area contributed by atoms with Gasteiger partial charge >= 0.3 is 0 Å². The van der Waals surface area contributed by atoms with Crippen molar-refractivity contribution in [1.29, 1.82) is 0 Å². The Morgan fingerprint density at radius 2 is 1.89 bits per heavy atom. The minimum Gasteiger partial charge on any atom is -0.497 e. The molecule has 0 aliphatic carbocycles. The first-order chi connectivity index (χ1) is 9.10. The predicted octanol–water partition coefficient (Wildman–Crippen LogP) is 4.00. The molecule has 0 atom stereocenters. The smallest absolute Gasteiger partial charge is 0.271 e. The van der Waals surface area contributed by atoms with Crippen molar-refractivity contribution < 1.29 is 9.66 Å².